The molecule has 0 aromatic heterocycles. The predicted molar refractivity (Wildman–Crippen MR) is 120 cm³/mol. The van der Waals surface area contributed by atoms with Gasteiger partial charge in [0.15, 0.2) is 0 Å². The zero-order valence-electron chi connectivity index (χ0n) is 17.7. The van der Waals surface area contributed by atoms with E-state index in [-0.39, 0.29) is 17.4 Å². The van der Waals surface area contributed by atoms with Crippen molar-refractivity contribution in [1.82, 2.24) is 0 Å². The second kappa shape index (κ2) is 8.67. The number of carbonyl (C=O) groups is 2. The lowest BCUT2D eigenvalue weighted by atomic mass is 9.95. The Hall–Kier alpha value is -3.93. The van der Waals surface area contributed by atoms with E-state index in [0.29, 0.717) is 22.6 Å². The maximum Gasteiger partial charge on any atom is 0.300 e. The van der Waals surface area contributed by atoms with Gasteiger partial charge >= 0.3 is 0 Å². The number of hydrogen-bond acceptors (Lipinski definition) is 4. The minimum atomic E-state index is -0.853. The number of ether oxygens (including phenoxy) is 1. The molecule has 0 spiro atoms. The molecule has 5 nitrogen and oxygen atoms in total. The predicted octanol–water partition coefficient (Wildman–Crippen LogP) is 5.24. The average Bonchev–Trinajstić information content (AvgIpc) is 3.05. The summed E-state index contributed by atoms with van der Waals surface area (Å²) in [6.45, 7) is 3.81. The van der Waals surface area contributed by atoms with Gasteiger partial charge in [-0.15, -0.1) is 0 Å². The second-order valence-corrected chi connectivity index (χ2v) is 7.75. The van der Waals surface area contributed by atoms with Crippen LogP contribution >= 0.6 is 0 Å². The van der Waals surface area contributed by atoms with Crippen LogP contribution in [0.4, 0.5) is 10.1 Å². The fraction of sp³-hybridized carbons (Fsp3) is 0.154. The summed E-state index contributed by atoms with van der Waals surface area (Å²) >= 11 is 0. The Morgan fingerprint density at radius 1 is 0.938 bits per heavy atom. The highest BCUT2D eigenvalue weighted by atomic mass is 19.1. The molecule has 1 unspecified atom stereocenters. The Morgan fingerprint density at radius 2 is 1.56 bits per heavy atom. The molecular formula is C26H22FNO4. The maximum atomic E-state index is 13.5. The van der Waals surface area contributed by atoms with Crippen molar-refractivity contribution in [2.45, 2.75) is 26.0 Å². The largest absolute Gasteiger partial charge is 0.507 e. The zero-order valence-corrected chi connectivity index (χ0v) is 17.7. The van der Waals surface area contributed by atoms with Gasteiger partial charge < -0.3 is 9.84 Å². The van der Waals surface area contributed by atoms with Crippen molar-refractivity contribution < 1.29 is 23.8 Å². The highest BCUT2D eigenvalue weighted by Crippen LogP contribution is 2.42. The van der Waals surface area contributed by atoms with Gasteiger partial charge in [-0.05, 0) is 67.9 Å². The number of benzene rings is 3. The van der Waals surface area contributed by atoms with Gasteiger partial charge in [-0.2, -0.15) is 0 Å². The molecule has 1 N–H and O–H groups in total. The standard InChI is InChI=1S/C26H22FNO4/c1-16(2)32-21-14-8-18(9-15-21)24(29)22-23(17-6-4-3-5-7-17)28(26(31)25(22)30)20-12-10-19(27)11-13-20/h3-16,23,29H,1-2H3/b24-22+. The lowest BCUT2D eigenvalue weighted by Gasteiger charge is -2.25. The molecule has 1 aliphatic rings. The Labute approximate surface area is 185 Å². The van der Waals surface area contributed by atoms with Gasteiger partial charge in [-0.3, -0.25) is 14.5 Å². The molecule has 0 saturated carbocycles. The van der Waals surface area contributed by atoms with Crippen molar-refractivity contribution in [3.8, 4) is 5.75 Å². The van der Waals surface area contributed by atoms with Crippen molar-refractivity contribution in [2.75, 3.05) is 4.90 Å². The highest BCUT2D eigenvalue weighted by Gasteiger charge is 2.46. The molecule has 162 valence electrons. The van der Waals surface area contributed by atoms with E-state index in [1.54, 1.807) is 48.5 Å². The summed E-state index contributed by atoms with van der Waals surface area (Å²) < 4.78 is 19.1. The van der Waals surface area contributed by atoms with Crippen molar-refractivity contribution >= 4 is 23.1 Å². The fourth-order valence-electron chi connectivity index (χ4n) is 3.77. The van der Waals surface area contributed by atoms with Crippen LogP contribution in [0.5, 0.6) is 5.75 Å². The summed E-state index contributed by atoms with van der Waals surface area (Å²) in [6.07, 6.45) is -0.00596. The number of Topliss-reactive ketones (excluding diaryl/α,β-unsaturated/α-hetero) is 1. The monoisotopic (exact) mass is 431 g/mol. The number of ketones is 1. The van der Waals surface area contributed by atoms with Crippen LogP contribution in [0.3, 0.4) is 0 Å². The quantitative estimate of drug-likeness (QED) is 0.341. The first-order chi connectivity index (χ1) is 15.4. The van der Waals surface area contributed by atoms with E-state index in [1.165, 1.54) is 29.2 Å². The van der Waals surface area contributed by atoms with Crippen LogP contribution < -0.4 is 9.64 Å². The van der Waals surface area contributed by atoms with E-state index in [9.17, 15) is 19.1 Å². The number of halogens is 1. The van der Waals surface area contributed by atoms with E-state index in [4.69, 9.17) is 4.74 Å². The van der Waals surface area contributed by atoms with Gasteiger partial charge in [0.2, 0.25) is 0 Å². The third kappa shape index (κ3) is 3.99. The van der Waals surface area contributed by atoms with Crippen molar-refractivity contribution in [3.63, 3.8) is 0 Å². The van der Waals surface area contributed by atoms with Gasteiger partial charge in [0, 0.05) is 11.3 Å². The summed E-state index contributed by atoms with van der Waals surface area (Å²) in [4.78, 5) is 27.4. The molecule has 1 amide bonds. The average molecular weight is 431 g/mol. The van der Waals surface area contributed by atoms with Crippen LogP contribution in [0.2, 0.25) is 0 Å². The van der Waals surface area contributed by atoms with Crippen LogP contribution in [0.15, 0.2) is 84.4 Å². The van der Waals surface area contributed by atoms with E-state index in [2.05, 4.69) is 0 Å². The molecule has 4 rings (SSSR count). The van der Waals surface area contributed by atoms with Gasteiger partial charge in [-0.25, -0.2) is 4.39 Å². The molecule has 1 aliphatic heterocycles. The van der Waals surface area contributed by atoms with Gasteiger partial charge in [0.1, 0.15) is 17.3 Å². The number of rotatable bonds is 5. The van der Waals surface area contributed by atoms with Crippen LogP contribution in [-0.4, -0.2) is 22.9 Å². The van der Waals surface area contributed by atoms with Gasteiger partial charge in [0.25, 0.3) is 11.7 Å². The Balaban J connectivity index is 1.84. The highest BCUT2D eigenvalue weighted by molar-refractivity contribution is 6.51. The zero-order chi connectivity index (χ0) is 22.8. The van der Waals surface area contributed by atoms with E-state index >= 15 is 0 Å². The van der Waals surface area contributed by atoms with E-state index in [0.717, 1.165) is 0 Å². The lowest BCUT2D eigenvalue weighted by molar-refractivity contribution is -0.132. The number of hydrogen-bond donors (Lipinski definition) is 1. The first-order valence-electron chi connectivity index (χ1n) is 10.3. The third-order valence-electron chi connectivity index (χ3n) is 5.16. The minimum absolute atomic E-state index is 0.00596. The van der Waals surface area contributed by atoms with Gasteiger partial charge in [0.05, 0.1) is 17.7 Å². The first kappa shape index (κ1) is 21.3. The molecule has 1 heterocycles. The summed E-state index contributed by atoms with van der Waals surface area (Å²) in [7, 11) is 0. The first-order valence-corrected chi connectivity index (χ1v) is 10.3. The molecule has 1 saturated heterocycles. The number of nitrogens with zero attached hydrogens (tertiary/aromatic N) is 1. The van der Waals surface area contributed by atoms with Crippen LogP contribution in [0, 0.1) is 5.82 Å². The Morgan fingerprint density at radius 3 is 2.16 bits per heavy atom. The molecule has 0 radical (unpaired) electrons. The smallest absolute Gasteiger partial charge is 0.300 e. The van der Waals surface area contributed by atoms with Crippen LogP contribution in [0.25, 0.3) is 5.76 Å². The minimum Gasteiger partial charge on any atom is -0.507 e. The molecule has 0 bridgehead atoms. The molecule has 1 atom stereocenters. The summed E-state index contributed by atoms with van der Waals surface area (Å²) in [6, 6.07) is 20.1. The Kier molecular flexibility index (Phi) is 5.77. The van der Waals surface area contributed by atoms with Crippen molar-refractivity contribution in [1.29, 1.82) is 0 Å². The van der Waals surface area contributed by atoms with E-state index in [1.807, 2.05) is 19.9 Å². The summed E-state index contributed by atoms with van der Waals surface area (Å²) in [5.41, 5.74) is 1.38. The number of aliphatic hydroxyl groups is 1. The van der Waals surface area contributed by atoms with Gasteiger partial charge in [-0.1, -0.05) is 30.3 Å². The molecule has 0 aliphatic carbocycles. The number of amides is 1. The molecule has 3 aromatic carbocycles. The molecule has 32 heavy (non-hydrogen) atoms. The lowest BCUT2D eigenvalue weighted by Crippen LogP contribution is -2.29. The molecule has 1 fully saturated rings. The summed E-state index contributed by atoms with van der Waals surface area (Å²) in [5, 5.41) is 11.1. The van der Waals surface area contributed by atoms with Crippen LogP contribution in [0.1, 0.15) is 31.0 Å². The maximum absolute atomic E-state index is 13.5. The topological polar surface area (TPSA) is 66.8 Å². The SMILES string of the molecule is CC(C)Oc1ccc(/C(O)=C2\C(=O)C(=O)N(c3ccc(F)cc3)C2c2ccccc2)cc1. The number of aliphatic hydroxyl groups excluding tert-OH is 1. The Bertz CT molecular complexity index is 1170. The second-order valence-electron chi connectivity index (χ2n) is 7.75. The number of anilines is 1. The molecular weight excluding hydrogens is 409 g/mol. The third-order valence-corrected chi connectivity index (χ3v) is 5.16. The number of carbonyl (C=O) groups excluding carboxylic acids is 2. The van der Waals surface area contributed by atoms with Crippen LogP contribution in [-0.2, 0) is 9.59 Å². The molecule has 6 heteroatoms. The molecule has 3 aromatic rings. The van der Waals surface area contributed by atoms with Crippen molar-refractivity contribution in [2.24, 2.45) is 0 Å². The van der Waals surface area contributed by atoms with E-state index < -0.39 is 23.5 Å². The normalized spacial score (nSPS) is 17.8. The fourth-order valence-corrected chi connectivity index (χ4v) is 3.77. The summed E-state index contributed by atoms with van der Waals surface area (Å²) in [5.74, 6) is -1.69. The van der Waals surface area contributed by atoms with Crippen molar-refractivity contribution in [3.05, 3.63) is 101 Å².